The van der Waals surface area contributed by atoms with Crippen LogP contribution in [0, 0.1) is 18.8 Å². The summed E-state index contributed by atoms with van der Waals surface area (Å²) in [6.07, 6.45) is 26.9. The van der Waals surface area contributed by atoms with E-state index in [0.717, 1.165) is 85.2 Å². The molecule has 3 aromatic rings. The van der Waals surface area contributed by atoms with Crippen LogP contribution in [0.15, 0.2) is 292 Å². The maximum Gasteiger partial charge on any atom is 0.519 e. The number of aliphatic carboxylic acids is 1. The molecule has 10 rings (SSSR count). The summed E-state index contributed by atoms with van der Waals surface area (Å²) in [7, 11) is 0. The van der Waals surface area contributed by atoms with Crippen LogP contribution < -0.4 is 74.4 Å². The molecule has 13 N–H and O–H groups in total. The number of nitrogens with one attached hydrogen (secondary N) is 12. The lowest BCUT2D eigenvalue weighted by molar-refractivity contribution is -0.167. The smallest absolute Gasteiger partial charge is 0.478 e. The molecule has 0 radical (unpaired) electrons. The second-order valence-corrected chi connectivity index (χ2v) is 29.6. The van der Waals surface area contributed by atoms with E-state index in [1.54, 1.807) is 44.2 Å². The van der Waals surface area contributed by atoms with E-state index in [2.05, 4.69) is 122 Å². The van der Waals surface area contributed by atoms with Gasteiger partial charge in [-0.1, -0.05) is 121 Å². The first-order valence-corrected chi connectivity index (χ1v) is 43.1. The molecule has 2 aromatic carbocycles. The molecule has 7 aliphatic rings. The van der Waals surface area contributed by atoms with Gasteiger partial charge in [0, 0.05) is 182 Å². The summed E-state index contributed by atoms with van der Waals surface area (Å²) in [4.78, 5) is 226. The van der Waals surface area contributed by atoms with Crippen LogP contribution in [0.5, 0.6) is 5.75 Å². The molecule has 7 heterocycles. The van der Waals surface area contributed by atoms with Gasteiger partial charge in [-0.05, 0) is 43.4 Å². The SMILES string of the molecule is C=C1NC(=O)C=C(CCOC(=O)/C=C/C(=O)O)N1.C=C1NC(=O)C=C(CCOC(=O)/C=C/C(=O)OCC2CCCCC2)N1.C=C1NC(=O)C=C(CCOC(=O)/C=C/C(=O)OCOC(=O)C(C)C)N1.C=C1NC(=O)C=C(CCOC(=O)/C=C/C(=O)OCc2ccccc2)N1.C=C1NC(=O)C=C(CCOC(=O)/C=C/C(=O)OCc2oc(=O)oc2C)N1.C=C1NC(=O)C=C(CCOC(=O)/C=C/C(=O)Oc2ccccc2)N1. The van der Waals surface area contributed by atoms with Crippen LogP contribution in [0.25, 0.3) is 0 Å². The molecule has 6 amide bonds. The molecule has 0 spiro atoms. The minimum Gasteiger partial charge on any atom is -0.478 e. The van der Waals surface area contributed by atoms with Gasteiger partial charge in [0.15, 0.2) is 18.1 Å². The molecule has 47 heteroatoms. The van der Waals surface area contributed by atoms with E-state index in [9.17, 15) is 95.9 Å². The van der Waals surface area contributed by atoms with E-state index in [0.29, 0.717) is 119 Å². The van der Waals surface area contributed by atoms with Gasteiger partial charge < -0.3 is 135 Å². The third-order valence-electron chi connectivity index (χ3n) is 17.6. The lowest BCUT2D eigenvalue weighted by Gasteiger charge is -2.20. The minimum absolute atomic E-state index is 0.00299. The monoisotopic (exact) mass is 1990 g/mol. The molecule has 1 fully saturated rings. The highest BCUT2D eigenvalue weighted by Gasteiger charge is 2.22. The van der Waals surface area contributed by atoms with Gasteiger partial charge in [0.25, 0.3) is 35.4 Å². The van der Waals surface area contributed by atoms with E-state index < -0.39 is 90.2 Å². The van der Waals surface area contributed by atoms with Gasteiger partial charge in [0.05, 0.1) is 52.2 Å². The third-order valence-corrected chi connectivity index (χ3v) is 17.6. The van der Waals surface area contributed by atoms with Crippen LogP contribution in [0.1, 0.15) is 102 Å². The Labute approximate surface area is 816 Å². The number of hydrogen-bond donors (Lipinski definition) is 13. The van der Waals surface area contributed by atoms with Crippen LogP contribution >= 0.6 is 0 Å². The van der Waals surface area contributed by atoms with Gasteiger partial charge in [-0.25, -0.2) is 62.3 Å². The summed E-state index contributed by atoms with van der Waals surface area (Å²) in [5.74, 6) is -9.24. The first-order chi connectivity index (χ1) is 68.1. The number of amides is 6. The zero-order chi connectivity index (χ0) is 105. The topological polar surface area (TPSA) is 643 Å². The fourth-order valence-electron chi connectivity index (χ4n) is 11.2. The molecule has 47 nitrogen and oxygen atoms in total. The van der Waals surface area contributed by atoms with E-state index >= 15 is 0 Å². The molecule has 1 aliphatic carbocycles. The lowest BCUT2D eigenvalue weighted by atomic mass is 9.90. The maximum atomic E-state index is 11.6. The van der Waals surface area contributed by atoms with Crippen LogP contribution in [0.2, 0.25) is 0 Å². The normalized spacial score (nSPS) is 14.7. The standard InChI is InChI=1S/C18H24N2O5.C18H18N2O5.C17H16N2O5.C16H16N2O8.C16H20N2O7.C11H12N2O5/c2*1-13-19-15(11-16(21)20-13)9-10-24-17(22)7-8-18(23)25-12-14-5-3-2-4-6-14;1-12-18-13(11-15(20)19-12)9-10-23-16(21)7-8-17(22)24-14-5-3-2-4-6-14;1-9-12(26-16(22)25-9)8-24-15(21)4-3-14(20)23-6-5-11-7-13(19)18-10(2)17-11;1-10(2)16(22)25-9-24-15(21)5-4-14(20)23-7-6-12-8-13(19)18-11(3)17-12;1-7-12-8(6-9(14)13-7)4-5-18-11(17)3-2-10(15)16/h7-8,11,14,19H,1-6,9-10,12H2,(H,20,21);2-8,11,19H,1,9-10,12H2,(H,20,21);2-8,11,18H,1,9-10H2,(H,19,20);3-4,7,17H,2,5-6,8H2,1H3,(H,18,19);4-5,8,10,17H,3,6-7,9H2,1-2H3,(H,18,19);2-3,6,12H,1,4-5H2,(H,13,14)(H,15,16)/b3*8-7+;4-3+;5-4+;3-2+. The summed E-state index contributed by atoms with van der Waals surface area (Å²) < 4.78 is 67.8. The predicted molar refractivity (Wildman–Crippen MR) is 496 cm³/mol. The average molecular weight is 1990 g/mol. The van der Waals surface area contributed by atoms with Crippen molar-refractivity contribution in [1.29, 1.82) is 0 Å². The Balaban J connectivity index is 0.000000303. The van der Waals surface area contributed by atoms with Crippen LogP contribution in [0.4, 0.5) is 0 Å². The number of aryl methyl sites for hydroxylation is 1. The second kappa shape index (κ2) is 63.8. The van der Waals surface area contributed by atoms with Crippen molar-refractivity contribution in [3.05, 3.63) is 306 Å². The number of carbonyl (C=O) groups is 19. The Morgan fingerprint density at radius 1 is 0.343 bits per heavy atom. The highest BCUT2D eigenvalue weighted by atomic mass is 16.7. The zero-order valence-electron chi connectivity index (χ0n) is 77.7. The number of carbonyl (C=O) groups excluding carboxylic acids is 18. The van der Waals surface area contributed by atoms with Gasteiger partial charge >= 0.3 is 83.4 Å². The van der Waals surface area contributed by atoms with Gasteiger partial charge in [0.1, 0.15) is 47.3 Å². The van der Waals surface area contributed by atoms with Crippen LogP contribution in [-0.2, 0) is 156 Å². The Kier molecular flexibility index (Phi) is 51.3. The maximum absolute atomic E-state index is 11.6. The molecule has 143 heavy (non-hydrogen) atoms. The van der Waals surface area contributed by atoms with Gasteiger partial charge in [-0.3, -0.25) is 33.6 Å². The zero-order valence-corrected chi connectivity index (χ0v) is 77.7. The molecule has 0 bridgehead atoms. The number of carboxylic acid groups (broad SMARTS) is 1. The second-order valence-electron chi connectivity index (χ2n) is 29.6. The number of benzene rings is 2. The van der Waals surface area contributed by atoms with Crippen molar-refractivity contribution in [2.45, 2.75) is 105 Å². The summed E-state index contributed by atoms with van der Waals surface area (Å²) >= 11 is 0. The summed E-state index contributed by atoms with van der Waals surface area (Å²) in [5, 5.41) is 40.1. The van der Waals surface area contributed by atoms with E-state index in [4.69, 9.17) is 52.5 Å². The Morgan fingerprint density at radius 3 is 0.916 bits per heavy atom. The van der Waals surface area contributed by atoms with Crippen LogP contribution in [-0.4, -0.2) is 171 Å². The fourth-order valence-corrected chi connectivity index (χ4v) is 11.2. The number of ether oxygens (including phenoxy) is 12. The van der Waals surface area contributed by atoms with E-state index in [-0.39, 0.29) is 119 Å². The van der Waals surface area contributed by atoms with Crippen molar-refractivity contribution in [2.75, 3.05) is 53.0 Å². The molecule has 1 aromatic heterocycles. The minimum atomic E-state index is -1.23. The number of carboxylic acids is 1. The van der Waals surface area contributed by atoms with Crippen molar-refractivity contribution in [2.24, 2.45) is 11.8 Å². The van der Waals surface area contributed by atoms with E-state index in [1.165, 1.54) is 62.6 Å². The van der Waals surface area contributed by atoms with Crippen LogP contribution in [0.3, 0.4) is 0 Å². The first-order valence-electron chi connectivity index (χ1n) is 43.1. The summed E-state index contributed by atoms with van der Waals surface area (Å²) in [6, 6.07) is 17.7. The molecular formula is C96H106N12O35. The third kappa shape index (κ3) is 53.6. The molecule has 1 saturated carbocycles. The fraction of sp³-hybridized carbons (Fsp3) is 0.271. The molecule has 0 saturated heterocycles. The van der Waals surface area contributed by atoms with Gasteiger partial charge in [-0.2, -0.15) is 0 Å². The molecule has 0 unspecified atom stereocenters. The number of rotatable bonds is 40. The quantitative estimate of drug-likeness (QED) is 0.0125. The molecule has 6 aliphatic heterocycles. The Bertz CT molecular complexity index is 5690. The van der Waals surface area contributed by atoms with Crippen molar-refractivity contribution in [1.82, 2.24) is 63.8 Å². The number of para-hydroxylation sites is 1. The lowest BCUT2D eigenvalue weighted by Crippen LogP contribution is -2.35. The van der Waals surface area contributed by atoms with Crippen molar-refractivity contribution < 1.29 is 162 Å². The number of hydrogen-bond acceptors (Lipinski definition) is 40. The van der Waals surface area contributed by atoms with E-state index in [1.807, 2.05) is 30.3 Å². The average Bonchev–Trinajstić information content (AvgIpc) is 1.78. The molecule has 0 atom stereocenters. The van der Waals surface area contributed by atoms with Crippen molar-refractivity contribution >= 4 is 113 Å². The predicted octanol–water partition coefficient (Wildman–Crippen LogP) is 4.16. The first kappa shape index (κ1) is 115. The van der Waals surface area contributed by atoms with Crippen molar-refractivity contribution in [3.8, 4) is 5.75 Å². The summed E-state index contributed by atoms with van der Waals surface area (Å²) in [5.41, 5.74) is 4.31. The number of esters is 12. The van der Waals surface area contributed by atoms with Gasteiger partial charge in [0.2, 0.25) is 6.79 Å². The largest absolute Gasteiger partial charge is 0.519 e. The Hall–Kier alpha value is -18.5. The summed E-state index contributed by atoms with van der Waals surface area (Å²) in [6.45, 7) is 26.1. The highest BCUT2D eigenvalue weighted by molar-refractivity contribution is 5.97. The molecule has 760 valence electrons. The van der Waals surface area contributed by atoms with Gasteiger partial charge in [-0.15, -0.1) is 0 Å². The van der Waals surface area contributed by atoms with Crippen molar-refractivity contribution in [3.63, 3.8) is 0 Å². The Morgan fingerprint density at radius 2 is 0.622 bits per heavy atom. The highest BCUT2D eigenvalue weighted by Crippen LogP contribution is 2.24. The molecular weight excluding hydrogens is 1880 g/mol.